The van der Waals surface area contributed by atoms with Crippen molar-refractivity contribution in [1.29, 1.82) is 0 Å². The van der Waals surface area contributed by atoms with E-state index in [0.29, 0.717) is 0 Å². The van der Waals surface area contributed by atoms with Crippen LogP contribution in [-0.2, 0) is 9.09 Å². The second kappa shape index (κ2) is 19.5. The van der Waals surface area contributed by atoms with E-state index in [0.717, 1.165) is 25.2 Å². The Bertz CT molecular complexity index is 301. The molecule has 4 nitrogen and oxygen atoms in total. The average Bonchev–Trinajstić information content (AvgIpc) is 2.45. The van der Waals surface area contributed by atoms with Crippen molar-refractivity contribution in [3.05, 3.63) is 0 Å². The molecule has 0 aliphatic rings. The Morgan fingerprint density at radius 3 is 1.42 bits per heavy atom. The van der Waals surface area contributed by atoms with Gasteiger partial charge in [-0.05, 0) is 12.3 Å². The monoisotopic (exact) mass is 390 g/mol. The maximum absolute atomic E-state index is 10.5. The summed E-state index contributed by atoms with van der Waals surface area (Å²) in [6.45, 7) is 4.77. The summed E-state index contributed by atoms with van der Waals surface area (Å²) in [5.74, 6) is 0.855. The molecule has 0 spiro atoms. The number of hydrogen-bond donors (Lipinski definition) is 2. The molecule has 0 heterocycles. The molecule has 24 heavy (non-hydrogen) atoms. The van der Waals surface area contributed by atoms with E-state index in [-0.39, 0.29) is 59.4 Å². The fourth-order valence-corrected chi connectivity index (χ4v) is 3.15. The molecule has 0 aromatic heterocycles. The summed E-state index contributed by atoms with van der Waals surface area (Å²) < 4.78 is 14.9. The van der Waals surface area contributed by atoms with Crippen LogP contribution in [0.4, 0.5) is 0 Å². The van der Waals surface area contributed by atoms with E-state index in [1.165, 1.54) is 70.6 Å². The molecule has 0 aromatic carbocycles. The number of phosphoric acid groups is 1. The molecule has 0 rings (SSSR count). The van der Waals surface area contributed by atoms with Crippen LogP contribution in [0.3, 0.4) is 0 Å². The third-order valence-electron chi connectivity index (χ3n) is 4.19. The van der Waals surface area contributed by atoms with Crippen molar-refractivity contribution in [2.45, 2.75) is 104 Å². The van der Waals surface area contributed by atoms with Crippen molar-refractivity contribution in [2.24, 2.45) is 5.92 Å². The van der Waals surface area contributed by atoms with Gasteiger partial charge in [-0.1, -0.05) is 97.3 Å². The summed E-state index contributed by atoms with van der Waals surface area (Å²) >= 11 is 0. The SMILES string of the molecule is CC(C)CCCCCCCCCCCCCCCOP(=O)(O)O.[H-].[K+]. The van der Waals surface area contributed by atoms with Gasteiger partial charge in [0.2, 0.25) is 0 Å². The van der Waals surface area contributed by atoms with Gasteiger partial charge in [0.25, 0.3) is 0 Å². The van der Waals surface area contributed by atoms with Gasteiger partial charge in [-0.25, -0.2) is 4.57 Å². The summed E-state index contributed by atoms with van der Waals surface area (Å²) in [5, 5.41) is 0. The molecule has 6 heteroatoms. The van der Waals surface area contributed by atoms with Crippen LogP contribution in [0.2, 0.25) is 0 Å². The first-order valence-corrected chi connectivity index (χ1v) is 11.1. The van der Waals surface area contributed by atoms with E-state index < -0.39 is 7.82 Å². The Labute approximate surface area is 194 Å². The number of rotatable bonds is 17. The molecule has 0 amide bonds. The van der Waals surface area contributed by atoms with Gasteiger partial charge in [-0.3, -0.25) is 4.52 Å². The standard InChI is InChI=1S/C18H39O4P.K.H/c1-18(2)16-14-12-10-8-6-4-3-5-7-9-11-13-15-17-22-23(19,20)21;;/h18H,3-17H2,1-2H3,(H2,19,20,21);;/q;+1;-1. The molecule has 0 fully saturated rings. The largest absolute Gasteiger partial charge is 1.00 e. The average molecular weight is 391 g/mol. The van der Waals surface area contributed by atoms with Crippen LogP contribution in [0, 0.1) is 5.92 Å². The van der Waals surface area contributed by atoms with Crippen molar-refractivity contribution >= 4 is 7.82 Å². The van der Waals surface area contributed by atoms with Gasteiger partial charge in [-0.2, -0.15) is 0 Å². The van der Waals surface area contributed by atoms with Crippen molar-refractivity contribution in [3.63, 3.8) is 0 Å². The topological polar surface area (TPSA) is 66.8 Å². The Hall–Kier alpha value is 1.75. The first-order chi connectivity index (χ1) is 10.9. The third kappa shape index (κ3) is 26.0. The second-order valence-corrected chi connectivity index (χ2v) is 8.34. The minimum absolute atomic E-state index is 0. The normalized spacial score (nSPS) is 11.7. The summed E-state index contributed by atoms with van der Waals surface area (Å²) in [4.78, 5) is 17.1. The Morgan fingerprint density at radius 2 is 1.08 bits per heavy atom. The zero-order valence-corrected chi connectivity index (χ0v) is 20.4. The summed E-state index contributed by atoms with van der Waals surface area (Å²) in [6.07, 6.45) is 17.8. The Morgan fingerprint density at radius 1 is 0.750 bits per heavy atom. The zero-order chi connectivity index (χ0) is 17.4. The molecule has 2 N–H and O–H groups in total. The smallest absolute Gasteiger partial charge is 1.00 e. The molecule has 0 bridgehead atoms. The van der Waals surface area contributed by atoms with Gasteiger partial charge < -0.3 is 11.2 Å². The van der Waals surface area contributed by atoms with E-state index in [4.69, 9.17) is 9.79 Å². The molecule has 0 aromatic rings. The molecular weight excluding hydrogens is 350 g/mol. The predicted molar refractivity (Wildman–Crippen MR) is 98.6 cm³/mol. The van der Waals surface area contributed by atoms with Crippen LogP contribution in [0.25, 0.3) is 0 Å². The van der Waals surface area contributed by atoms with E-state index in [2.05, 4.69) is 18.4 Å². The van der Waals surface area contributed by atoms with Crippen LogP contribution in [0.1, 0.15) is 105 Å². The fraction of sp³-hybridized carbons (Fsp3) is 1.00. The molecule has 0 saturated carbocycles. The number of hydrogen-bond acceptors (Lipinski definition) is 2. The Kier molecular flexibility index (Phi) is 22.7. The number of phosphoric ester groups is 1. The van der Waals surface area contributed by atoms with Gasteiger partial charge >= 0.3 is 59.2 Å². The molecule has 0 atom stereocenters. The summed E-state index contributed by atoms with van der Waals surface area (Å²) in [5.41, 5.74) is 0. The minimum Gasteiger partial charge on any atom is -1.00 e. The van der Waals surface area contributed by atoms with Gasteiger partial charge in [0, 0.05) is 0 Å². The molecule has 0 radical (unpaired) electrons. The quantitative estimate of drug-likeness (QED) is 0.227. The maximum Gasteiger partial charge on any atom is 1.00 e. The summed E-state index contributed by atoms with van der Waals surface area (Å²) in [6, 6.07) is 0. The van der Waals surface area contributed by atoms with E-state index in [1.54, 1.807) is 0 Å². The van der Waals surface area contributed by atoms with Crippen LogP contribution in [-0.4, -0.2) is 16.4 Å². The Balaban J connectivity index is -0.00000242. The molecule has 0 saturated heterocycles. The number of unbranched alkanes of at least 4 members (excludes halogenated alkanes) is 12. The van der Waals surface area contributed by atoms with E-state index >= 15 is 0 Å². The van der Waals surface area contributed by atoms with Gasteiger partial charge in [-0.15, -0.1) is 0 Å². The van der Waals surface area contributed by atoms with E-state index in [9.17, 15) is 4.57 Å². The van der Waals surface area contributed by atoms with Crippen LogP contribution in [0.15, 0.2) is 0 Å². The van der Waals surface area contributed by atoms with Crippen molar-refractivity contribution in [2.75, 3.05) is 6.61 Å². The van der Waals surface area contributed by atoms with E-state index in [1.807, 2.05) is 0 Å². The maximum atomic E-state index is 10.5. The molecule has 0 aliphatic carbocycles. The van der Waals surface area contributed by atoms with Crippen LogP contribution >= 0.6 is 7.82 Å². The first-order valence-electron chi connectivity index (χ1n) is 9.62. The minimum atomic E-state index is -4.26. The van der Waals surface area contributed by atoms with Gasteiger partial charge in [0.15, 0.2) is 0 Å². The fourth-order valence-electron chi connectivity index (χ4n) is 2.78. The zero-order valence-electron chi connectivity index (χ0n) is 17.3. The predicted octanol–water partition coefficient (Wildman–Crippen LogP) is 3.33. The molecule has 0 aliphatic heterocycles. The van der Waals surface area contributed by atoms with Gasteiger partial charge in [0.05, 0.1) is 6.61 Å². The van der Waals surface area contributed by atoms with Crippen molar-refractivity contribution < 1.29 is 71.7 Å². The van der Waals surface area contributed by atoms with Crippen LogP contribution < -0.4 is 51.4 Å². The first kappa shape index (κ1) is 28.0. The van der Waals surface area contributed by atoms with Crippen molar-refractivity contribution in [1.82, 2.24) is 0 Å². The third-order valence-corrected chi connectivity index (χ3v) is 4.70. The van der Waals surface area contributed by atoms with Gasteiger partial charge in [0.1, 0.15) is 0 Å². The summed E-state index contributed by atoms with van der Waals surface area (Å²) in [7, 11) is -4.26. The van der Waals surface area contributed by atoms with Crippen molar-refractivity contribution in [3.8, 4) is 0 Å². The second-order valence-electron chi connectivity index (χ2n) is 7.10. The van der Waals surface area contributed by atoms with Crippen LogP contribution in [0.5, 0.6) is 0 Å². The molecule has 142 valence electrons. The molecule has 0 unspecified atom stereocenters. The molecular formula is C18H40KO4P.